The molecule has 0 bridgehead atoms. The second-order valence-corrected chi connectivity index (χ2v) is 4.16. The molecule has 0 aromatic heterocycles. The zero-order chi connectivity index (χ0) is 14.4. The first-order valence-corrected chi connectivity index (χ1v) is 6.00. The molecule has 1 atom stereocenters. The van der Waals surface area contributed by atoms with Crippen molar-refractivity contribution in [3.8, 4) is 11.8 Å². The SMILES string of the molecule is N#CC(c1cccc(OCc2ccccc2)c1)[N+](=O)[O-]. The van der Waals surface area contributed by atoms with Crippen LogP contribution in [0.1, 0.15) is 17.2 Å². The molecular weight excluding hydrogens is 256 g/mol. The summed E-state index contributed by atoms with van der Waals surface area (Å²) < 4.78 is 5.58. The maximum absolute atomic E-state index is 10.8. The van der Waals surface area contributed by atoms with Gasteiger partial charge in [-0.15, -0.1) is 0 Å². The maximum atomic E-state index is 10.8. The molecule has 5 nitrogen and oxygen atoms in total. The van der Waals surface area contributed by atoms with Crippen molar-refractivity contribution < 1.29 is 9.66 Å². The van der Waals surface area contributed by atoms with Crippen molar-refractivity contribution in [2.45, 2.75) is 12.6 Å². The molecule has 20 heavy (non-hydrogen) atoms. The highest BCUT2D eigenvalue weighted by Gasteiger charge is 2.21. The number of nitrogens with zero attached hydrogens (tertiary/aromatic N) is 2. The zero-order valence-corrected chi connectivity index (χ0v) is 10.6. The van der Waals surface area contributed by atoms with E-state index in [0.717, 1.165) is 5.56 Å². The van der Waals surface area contributed by atoms with Crippen molar-refractivity contribution in [1.29, 1.82) is 5.26 Å². The van der Waals surface area contributed by atoms with E-state index in [1.54, 1.807) is 24.3 Å². The molecule has 0 aliphatic rings. The zero-order valence-electron chi connectivity index (χ0n) is 10.6. The number of nitriles is 1. The van der Waals surface area contributed by atoms with Crippen LogP contribution in [-0.4, -0.2) is 4.92 Å². The lowest BCUT2D eigenvalue weighted by atomic mass is 10.1. The van der Waals surface area contributed by atoms with Crippen molar-refractivity contribution in [3.63, 3.8) is 0 Å². The Bertz CT molecular complexity index is 635. The topological polar surface area (TPSA) is 76.2 Å². The molecule has 0 aliphatic heterocycles. The van der Waals surface area contributed by atoms with Gasteiger partial charge in [-0.3, -0.25) is 10.1 Å². The Hall–Kier alpha value is -2.87. The lowest BCUT2D eigenvalue weighted by Crippen LogP contribution is -2.08. The first kappa shape index (κ1) is 13.6. The number of hydrogen-bond donors (Lipinski definition) is 0. The molecule has 0 radical (unpaired) electrons. The van der Waals surface area contributed by atoms with E-state index in [4.69, 9.17) is 10.00 Å². The van der Waals surface area contributed by atoms with E-state index >= 15 is 0 Å². The van der Waals surface area contributed by atoms with E-state index in [9.17, 15) is 10.1 Å². The van der Waals surface area contributed by atoms with Crippen LogP contribution in [0.4, 0.5) is 0 Å². The van der Waals surface area contributed by atoms with Gasteiger partial charge in [0.15, 0.2) is 0 Å². The van der Waals surface area contributed by atoms with Crippen LogP contribution in [0, 0.1) is 21.4 Å². The van der Waals surface area contributed by atoms with Crippen LogP contribution >= 0.6 is 0 Å². The van der Waals surface area contributed by atoms with Gasteiger partial charge in [0.25, 0.3) is 0 Å². The third kappa shape index (κ3) is 3.33. The van der Waals surface area contributed by atoms with E-state index in [-0.39, 0.29) is 0 Å². The van der Waals surface area contributed by atoms with Gasteiger partial charge in [0, 0.05) is 10.5 Å². The van der Waals surface area contributed by atoms with Gasteiger partial charge in [-0.2, -0.15) is 5.26 Å². The Kier molecular flexibility index (Phi) is 4.30. The van der Waals surface area contributed by atoms with Gasteiger partial charge in [-0.25, -0.2) is 0 Å². The summed E-state index contributed by atoms with van der Waals surface area (Å²) in [4.78, 5) is 10.1. The first-order chi connectivity index (χ1) is 9.70. The van der Waals surface area contributed by atoms with Gasteiger partial charge in [0.05, 0.1) is 0 Å². The normalized spacial score (nSPS) is 11.3. The lowest BCUT2D eigenvalue weighted by molar-refractivity contribution is -0.512. The van der Waals surface area contributed by atoms with Gasteiger partial charge >= 0.3 is 6.04 Å². The van der Waals surface area contributed by atoms with Crippen LogP contribution in [0.2, 0.25) is 0 Å². The van der Waals surface area contributed by atoms with Crippen molar-refractivity contribution >= 4 is 0 Å². The molecule has 0 saturated carbocycles. The largest absolute Gasteiger partial charge is 0.489 e. The fourth-order valence-electron chi connectivity index (χ4n) is 1.76. The van der Waals surface area contributed by atoms with Gasteiger partial charge in [-0.05, 0) is 17.7 Å². The van der Waals surface area contributed by atoms with Crippen LogP contribution in [-0.2, 0) is 6.61 Å². The number of nitro groups is 1. The fourth-order valence-corrected chi connectivity index (χ4v) is 1.76. The number of ether oxygens (including phenoxy) is 1. The van der Waals surface area contributed by atoms with Gasteiger partial charge in [0.2, 0.25) is 0 Å². The molecule has 0 saturated heterocycles. The molecule has 0 fully saturated rings. The Labute approximate surface area is 116 Å². The molecule has 0 aliphatic carbocycles. The molecule has 2 rings (SSSR count). The predicted octanol–water partition coefficient (Wildman–Crippen LogP) is 3.11. The quantitative estimate of drug-likeness (QED) is 0.616. The predicted molar refractivity (Wildman–Crippen MR) is 72.6 cm³/mol. The summed E-state index contributed by atoms with van der Waals surface area (Å²) in [5.74, 6) is 0.508. The van der Waals surface area contributed by atoms with Gasteiger partial charge < -0.3 is 4.74 Å². The molecule has 0 N–H and O–H groups in total. The van der Waals surface area contributed by atoms with Crippen molar-refractivity contribution in [1.82, 2.24) is 0 Å². The Morgan fingerprint density at radius 1 is 1.20 bits per heavy atom. The van der Waals surface area contributed by atoms with E-state index in [1.165, 1.54) is 6.07 Å². The average molecular weight is 268 g/mol. The van der Waals surface area contributed by atoms with E-state index in [1.807, 2.05) is 30.3 Å². The van der Waals surface area contributed by atoms with Gasteiger partial charge in [0.1, 0.15) is 18.4 Å². The molecule has 5 heteroatoms. The molecule has 0 spiro atoms. The Morgan fingerprint density at radius 3 is 2.60 bits per heavy atom. The van der Waals surface area contributed by atoms with Crippen molar-refractivity contribution in [3.05, 3.63) is 75.8 Å². The molecule has 2 aromatic rings. The van der Waals surface area contributed by atoms with Crippen molar-refractivity contribution in [2.24, 2.45) is 0 Å². The third-order valence-corrected chi connectivity index (χ3v) is 2.76. The average Bonchev–Trinajstić information content (AvgIpc) is 2.47. The fraction of sp³-hybridized carbons (Fsp3) is 0.133. The summed E-state index contributed by atoms with van der Waals surface area (Å²) in [6, 6.07) is 16.3. The summed E-state index contributed by atoms with van der Waals surface area (Å²) in [5, 5.41) is 19.6. The number of hydrogen-bond acceptors (Lipinski definition) is 4. The van der Waals surface area contributed by atoms with Crippen LogP contribution in [0.5, 0.6) is 5.75 Å². The van der Waals surface area contributed by atoms with Crippen molar-refractivity contribution in [2.75, 3.05) is 0 Å². The first-order valence-electron chi connectivity index (χ1n) is 6.00. The maximum Gasteiger partial charge on any atom is 0.321 e. The smallest absolute Gasteiger partial charge is 0.321 e. The lowest BCUT2D eigenvalue weighted by Gasteiger charge is -2.08. The monoisotopic (exact) mass is 268 g/mol. The highest BCUT2D eigenvalue weighted by atomic mass is 16.6. The van der Waals surface area contributed by atoms with E-state index in [2.05, 4.69) is 0 Å². The Morgan fingerprint density at radius 2 is 1.95 bits per heavy atom. The summed E-state index contributed by atoms with van der Waals surface area (Å²) >= 11 is 0. The van der Waals surface area contributed by atoms with E-state index in [0.29, 0.717) is 17.9 Å². The second-order valence-electron chi connectivity index (χ2n) is 4.16. The minimum absolute atomic E-state index is 0.322. The number of benzene rings is 2. The van der Waals surface area contributed by atoms with Crippen LogP contribution < -0.4 is 4.74 Å². The molecule has 2 aromatic carbocycles. The summed E-state index contributed by atoms with van der Waals surface area (Å²) in [6.07, 6.45) is 0. The van der Waals surface area contributed by atoms with Gasteiger partial charge in [-0.1, -0.05) is 42.5 Å². The standard InChI is InChI=1S/C15H12N2O3/c16-10-15(17(18)19)13-7-4-8-14(9-13)20-11-12-5-2-1-3-6-12/h1-9,15H,11H2. The molecule has 100 valence electrons. The molecule has 0 heterocycles. The highest BCUT2D eigenvalue weighted by molar-refractivity contribution is 5.32. The van der Waals surface area contributed by atoms with Crippen LogP contribution in [0.25, 0.3) is 0 Å². The highest BCUT2D eigenvalue weighted by Crippen LogP contribution is 2.21. The summed E-state index contributed by atoms with van der Waals surface area (Å²) in [6.45, 7) is 0.375. The van der Waals surface area contributed by atoms with E-state index < -0.39 is 11.0 Å². The third-order valence-electron chi connectivity index (χ3n) is 2.76. The van der Waals surface area contributed by atoms with Crippen LogP contribution in [0.3, 0.4) is 0 Å². The minimum atomic E-state index is -1.37. The molecule has 0 amide bonds. The Balaban J connectivity index is 2.10. The molecule has 1 unspecified atom stereocenters. The summed E-state index contributed by atoms with van der Waals surface area (Å²) in [7, 11) is 0. The van der Waals surface area contributed by atoms with Crippen LogP contribution in [0.15, 0.2) is 54.6 Å². The minimum Gasteiger partial charge on any atom is -0.489 e. The number of rotatable bonds is 5. The second kappa shape index (κ2) is 6.34. The summed E-state index contributed by atoms with van der Waals surface area (Å²) in [5.41, 5.74) is 1.33. The molecular formula is C15H12N2O3.